The number of aryl methyl sites for hydroxylation is 2. The monoisotopic (exact) mass is 484 g/mol. The van der Waals surface area contributed by atoms with E-state index in [1.807, 2.05) is 106 Å². The van der Waals surface area contributed by atoms with Crippen LogP contribution in [-0.4, -0.2) is 42.4 Å². The maximum atomic E-state index is 13.4. The summed E-state index contributed by atoms with van der Waals surface area (Å²) in [5, 5.41) is 11.4. The topological polar surface area (TPSA) is 70.1 Å². The van der Waals surface area contributed by atoms with Crippen molar-refractivity contribution in [1.82, 2.24) is 4.90 Å². The van der Waals surface area contributed by atoms with Crippen LogP contribution in [0, 0.1) is 13.8 Å². The average molecular weight is 485 g/mol. The summed E-state index contributed by atoms with van der Waals surface area (Å²) in [5.74, 6) is -0.710. The zero-order valence-corrected chi connectivity index (χ0v) is 21.4. The van der Waals surface area contributed by atoms with E-state index in [0.717, 1.165) is 33.7 Å². The van der Waals surface area contributed by atoms with Gasteiger partial charge in [0, 0.05) is 31.9 Å². The Balaban J connectivity index is 1.83. The van der Waals surface area contributed by atoms with E-state index in [2.05, 4.69) is 0 Å². The molecule has 1 saturated heterocycles. The number of anilines is 1. The van der Waals surface area contributed by atoms with Crippen LogP contribution >= 0.6 is 0 Å². The first-order chi connectivity index (χ1) is 17.2. The van der Waals surface area contributed by atoms with Crippen molar-refractivity contribution in [3.8, 4) is 5.75 Å². The molecule has 1 aliphatic heterocycles. The van der Waals surface area contributed by atoms with E-state index in [1.54, 1.807) is 4.90 Å². The molecule has 1 heterocycles. The predicted molar refractivity (Wildman–Crippen MR) is 142 cm³/mol. The van der Waals surface area contributed by atoms with E-state index in [4.69, 9.17) is 4.74 Å². The van der Waals surface area contributed by atoms with E-state index < -0.39 is 17.7 Å². The zero-order chi connectivity index (χ0) is 26.0. The minimum atomic E-state index is -0.715. The summed E-state index contributed by atoms with van der Waals surface area (Å²) in [7, 11) is 3.90. The zero-order valence-electron chi connectivity index (χ0n) is 21.4. The highest BCUT2D eigenvalue weighted by Crippen LogP contribution is 2.41. The Hall–Kier alpha value is -4.06. The third-order valence-electron chi connectivity index (χ3n) is 6.50. The number of nitrogens with zero attached hydrogens (tertiary/aromatic N) is 2. The lowest BCUT2D eigenvalue weighted by atomic mass is 9.93. The van der Waals surface area contributed by atoms with E-state index in [-0.39, 0.29) is 17.9 Å². The Bertz CT molecular complexity index is 1310. The smallest absolute Gasteiger partial charge is 0.295 e. The lowest BCUT2D eigenvalue weighted by Gasteiger charge is -2.26. The Morgan fingerprint density at radius 1 is 0.972 bits per heavy atom. The van der Waals surface area contributed by atoms with Gasteiger partial charge in [0.25, 0.3) is 11.7 Å². The van der Waals surface area contributed by atoms with Crippen molar-refractivity contribution in [3.63, 3.8) is 0 Å². The SMILES string of the molecule is CCOc1ccc(CN2C(=O)C(=O)/C(=C(/O)c3cc(C)ccc3C)C2c2ccc(N(C)C)cc2)cc1. The molecule has 0 saturated carbocycles. The third kappa shape index (κ3) is 4.85. The minimum Gasteiger partial charge on any atom is -0.507 e. The van der Waals surface area contributed by atoms with Crippen molar-refractivity contribution in [2.45, 2.75) is 33.4 Å². The van der Waals surface area contributed by atoms with E-state index in [0.29, 0.717) is 12.2 Å². The lowest BCUT2D eigenvalue weighted by molar-refractivity contribution is -0.140. The molecule has 1 amide bonds. The number of benzene rings is 3. The molecule has 186 valence electrons. The van der Waals surface area contributed by atoms with Crippen LogP contribution in [-0.2, 0) is 16.1 Å². The van der Waals surface area contributed by atoms with Gasteiger partial charge < -0.3 is 19.6 Å². The molecular weight excluding hydrogens is 452 g/mol. The predicted octanol–water partition coefficient (Wildman–Crippen LogP) is 5.39. The van der Waals surface area contributed by atoms with Crippen molar-refractivity contribution in [1.29, 1.82) is 0 Å². The minimum absolute atomic E-state index is 0.109. The standard InChI is InChI=1S/C30H32N2O4/c1-6-36-24-15-9-21(10-16-24)18-32-27(22-11-13-23(14-12-22)31(4)5)26(29(34)30(32)35)28(33)25-17-19(2)7-8-20(25)3/h7-17,27,33H,6,18H2,1-5H3/b28-26+. The molecule has 0 radical (unpaired) electrons. The Morgan fingerprint density at radius 3 is 2.25 bits per heavy atom. The van der Waals surface area contributed by atoms with Gasteiger partial charge in [0.05, 0.1) is 18.2 Å². The van der Waals surface area contributed by atoms with Crippen LogP contribution in [0.3, 0.4) is 0 Å². The fourth-order valence-corrected chi connectivity index (χ4v) is 4.53. The molecule has 1 unspecified atom stereocenters. The molecule has 3 aromatic carbocycles. The molecule has 1 fully saturated rings. The molecule has 6 heteroatoms. The Kier molecular flexibility index (Phi) is 7.15. The second kappa shape index (κ2) is 10.3. The van der Waals surface area contributed by atoms with Crippen LogP contribution in [0.25, 0.3) is 5.76 Å². The van der Waals surface area contributed by atoms with Crippen molar-refractivity contribution >= 4 is 23.1 Å². The number of carbonyl (C=O) groups excluding carboxylic acids is 2. The van der Waals surface area contributed by atoms with Gasteiger partial charge in [0.15, 0.2) is 0 Å². The van der Waals surface area contributed by atoms with E-state index in [9.17, 15) is 14.7 Å². The molecule has 0 bridgehead atoms. The summed E-state index contributed by atoms with van der Waals surface area (Å²) in [6.07, 6.45) is 0. The molecule has 0 spiro atoms. The number of aliphatic hydroxyl groups excluding tert-OH is 1. The number of Topliss-reactive ketones (excluding diaryl/α,β-unsaturated/α-hetero) is 1. The van der Waals surface area contributed by atoms with Gasteiger partial charge in [0.2, 0.25) is 0 Å². The Labute approximate surface area is 212 Å². The van der Waals surface area contributed by atoms with Gasteiger partial charge in [-0.3, -0.25) is 9.59 Å². The van der Waals surface area contributed by atoms with Gasteiger partial charge in [-0.05, 0) is 67.8 Å². The van der Waals surface area contributed by atoms with Gasteiger partial charge in [-0.15, -0.1) is 0 Å². The molecule has 0 aromatic heterocycles. The fraction of sp³-hybridized carbons (Fsp3) is 0.267. The number of aliphatic hydroxyl groups is 1. The summed E-state index contributed by atoms with van der Waals surface area (Å²) in [4.78, 5) is 30.2. The third-order valence-corrected chi connectivity index (χ3v) is 6.50. The molecule has 4 rings (SSSR count). The average Bonchev–Trinajstić information content (AvgIpc) is 3.11. The maximum absolute atomic E-state index is 13.4. The van der Waals surface area contributed by atoms with Gasteiger partial charge in [-0.1, -0.05) is 42.0 Å². The van der Waals surface area contributed by atoms with Crippen LogP contribution in [0.4, 0.5) is 5.69 Å². The first-order valence-corrected chi connectivity index (χ1v) is 12.1. The molecular formula is C30H32N2O4. The fourth-order valence-electron chi connectivity index (χ4n) is 4.53. The quantitative estimate of drug-likeness (QED) is 0.277. The maximum Gasteiger partial charge on any atom is 0.295 e. The number of rotatable bonds is 7. The molecule has 1 aliphatic rings. The molecule has 0 aliphatic carbocycles. The number of ether oxygens (including phenoxy) is 1. The van der Waals surface area contributed by atoms with Gasteiger partial charge >= 0.3 is 0 Å². The van der Waals surface area contributed by atoms with Crippen LogP contribution in [0.1, 0.15) is 40.8 Å². The molecule has 6 nitrogen and oxygen atoms in total. The number of amides is 1. The van der Waals surface area contributed by atoms with Crippen LogP contribution < -0.4 is 9.64 Å². The number of hydrogen-bond acceptors (Lipinski definition) is 5. The molecule has 3 aromatic rings. The van der Waals surface area contributed by atoms with Crippen molar-refractivity contribution in [3.05, 3.63) is 100 Å². The van der Waals surface area contributed by atoms with Crippen molar-refractivity contribution in [2.75, 3.05) is 25.6 Å². The second-order valence-electron chi connectivity index (χ2n) is 9.31. The highest BCUT2D eigenvalue weighted by atomic mass is 16.5. The first kappa shape index (κ1) is 25.0. The summed E-state index contributed by atoms with van der Waals surface area (Å²) in [5.41, 5.74) is 5.08. The van der Waals surface area contributed by atoms with Gasteiger partial charge in [0.1, 0.15) is 11.5 Å². The van der Waals surface area contributed by atoms with Crippen LogP contribution in [0.15, 0.2) is 72.3 Å². The van der Waals surface area contributed by atoms with Crippen molar-refractivity contribution < 1.29 is 19.4 Å². The number of ketones is 1. The van der Waals surface area contributed by atoms with E-state index in [1.165, 1.54) is 0 Å². The molecule has 1 atom stereocenters. The van der Waals surface area contributed by atoms with E-state index >= 15 is 0 Å². The van der Waals surface area contributed by atoms with Crippen molar-refractivity contribution in [2.24, 2.45) is 0 Å². The first-order valence-electron chi connectivity index (χ1n) is 12.1. The van der Waals surface area contributed by atoms with Crippen LogP contribution in [0.5, 0.6) is 5.75 Å². The second-order valence-corrected chi connectivity index (χ2v) is 9.31. The van der Waals surface area contributed by atoms with Gasteiger partial charge in [-0.25, -0.2) is 0 Å². The molecule has 36 heavy (non-hydrogen) atoms. The highest BCUT2D eigenvalue weighted by molar-refractivity contribution is 6.46. The Morgan fingerprint density at radius 2 is 1.64 bits per heavy atom. The summed E-state index contributed by atoms with van der Waals surface area (Å²) in [6, 6.07) is 20.2. The number of likely N-dealkylation sites (tertiary alicyclic amines) is 1. The highest BCUT2D eigenvalue weighted by Gasteiger charge is 2.46. The summed E-state index contributed by atoms with van der Waals surface area (Å²) >= 11 is 0. The summed E-state index contributed by atoms with van der Waals surface area (Å²) < 4.78 is 5.53. The van der Waals surface area contributed by atoms with Gasteiger partial charge in [-0.2, -0.15) is 0 Å². The largest absolute Gasteiger partial charge is 0.507 e. The molecule has 1 N–H and O–H groups in total. The lowest BCUT2D eigenvalue weighted by Crippen LogP contribution is -2.29. The normalized spacial score (nSPS) is 16.9. The number of carbonyl (C=O) groups is 2. The van der Waals surface area contributed by atoms with Crippen LogP contribution in [0.2, 0.25) is 0 Å². The number of hydrogen-bond donors (Lipinski definition) is 1. The summed E-state index contributed by atoms with van der Waals surface area (Å²) in [6.45, 7) is 6.52.